The molecule has 0 aliphatic heterocycles. The van der Waals surface area contributed by atoms with Crippen LogP contribution in [0.2, 0.25) is 0 Å². The van der Waals surface area contributed by atoms with Gasteiger partial charge in [-0.15, -0.1) is 21.5 Å². The first-order valence-electron chi connectivity index (χ1n) is 11.1. The molecule has 0 saturated carbocycles. The molecule has 12 heteroatoms. The molecule has 37 heavy (non-hydrogen) atoms. The smallest absolute Gasteiger partial charge is 0.341 e. The van der Waals surface area contributed by atoms with Crippen molar-refractivity contribution >= 4 is 55.9 Å². The fraction of sp³-hybridized carbons (Fsp3) is 0.200. The Bertz CT molecular complexity index is 1390. The first-order valence-corrected chi connectivity index (χ1v) is 13.7. The van der Waals surface area contributed by atoms with Crippen molar-refractivity contribution in [3.8, 4) is 16.9 Å². The Morgan fingerprint density at radius 1 is 1.14 bits per heavy atom. The van der Waals surface area contributed by atoms with E-state index < -0.39 is 5.97 Å². The maximum Gasteiger partial charge on any atom is 0.341 e. The summed E-state index contributed by atoms with van der Waals surface area (Å²) < 4.78 is 26.9. The number of halogens is 2. The molecule has 0 fully saturated rings. The van der Waals surface area contributed by atoms with E-state index in [1.165, 1.54) is 42.3 Å². The molecular weight excluding hydrogens is 583 g/mol. The minimum absolute atomic E-state index is 0.0517. The van der Waals surface area contributed by atoms with E-state index in [1.807, 2.05) is 35.8 Å². The predicted molar refractivity (Wildman–Crippen MR) is 145 cm³/mol. The van der Waals surface area contributed by atoms with Crippen molar-refractivity contribution in [2.45, 2.75) is 25.2 Å². The van der Waals surface area contributed by atoms with Crippen LogP contribution in [0.4, 0.5) is 9.39 Å². The maximum absolute atomic E-state index is 13.4. The van der Waals surface area contributed by atoms with Gasteiger partial charge in [0.2, 0.25) is 5.91 Å². The normalized spacial score (nSPS) is 10.8. The summed E-state index contributed by atoms with van der Waals surface area (Å²) in [5.41, 5.74) is 1.42. The van der Waals surface area contributed by atoms with Gasteiger partial charge in [0.15, 0.2) is 11.0 Å². The number of nitrogens with one attached hydrogen (secondary N) is 1. The number of hydrogen-bond acceptors (Lipinski definition) is 8. The average molecular weight is 606 g/mol. The van der Waals surface area contributed by atoms with Crippen LogP contribution in [0.25, 0.3) is 11.1 Å². The molecule has 0 spiro atoms. The van der Waals surface area contributed by atoms with Crippen LogP contribution < -0.4 is 10.1 Å². The zero-order chi connectivity index (χ0) is 26.4. The summed E-state index contributed by atoms with van der Waals surface area (Å²) in [5, 5.41) is 13.9. The number of thiophene rings is 1. The molecule has 0 aliphatic rings. The average Bonchev–Trinajstić information content (AvgIpc) is 3.50. The first-order chi connectivity index (χ1) is 17.9. The third-order valence-corrected chi connectivity index (χ3v) is 7.60. The number of benzene rings is 2. The molecule has 2 heterocycles. The maximum atomic E-state index is 13.4. The first kappa shape index (κ1) is 26.8. The van der Waals surface area contributed by atoms with Crippen molar-refractivity contribution in [3.05, 3.63) is 75.6 Å². The van der Waals surface area contributed by atoms with Crippen LogP contribution in [0.15, 0.2) is 63.5 Å². The molecule has 0 unspecified atom stereocenters. The molecule has 0 aliphatic carbocycles. The number of thioether (sulfide) groups is 1. The van der Waals surface area contributed by atoms with Crippen LogP contribution in [0.3, 0.4) is 0 Å². The summed E-state index contributed by atoms with van der Waals surface area (Å²) >= 11 is 5.82. The van der Waals surface area contributed by atoms with Gasteiger partial charge in [-0.2, -0.15) is 0 Å². The van der Waals surface area contributed by atoms with Crippen molar-refractivity contribution < 1.29 is 23.5 Å². The molecule has 4 aromatic rings. The standard InChI is InChI=1S/C25H22BrFN4O4S2/c1-3-31-20(12-35-18-10-6-16(26)7-11-18)29-30-25(31)37-14-21(32)28-23-22(24(33)34-2)19(13-36-23)15-4-8-17(27)9-5-15/h4-11,13H,3,12,14H2,1-2H3,(H,28,32). The highest BCUT2D eigenvalue weighted by atomic mass is 79.9. The molecule has 0 saturated heterocycles. The van der Waals surface area contributed by atoms with E-state index in [0.29, 0.717) is 39.4 Å². The van der Waals surface area contributed by atoms with E-state index in [1.54, 1.807) is 17.5 Å². The highest BCUT2D eigenvalue weighted by molar-refractivity contribution is 9.10. The Kier molecular flexibility index (Phi) is 8.95. The fourth-order valence-electron chi connectivity index (χ4n) is 3.42. The van der Waals surface area contributed by atoms with E-state index >= 15 is 0 Å². The summed E-state index contributed by atoms with van der Waals surface area (Å²) in [7, 11) is 1.27. The zero-order valence-corrected chi connectivity index (χ0v) is 23.1. The Balaban J connectivity index is 1.42. The third kappa shape index (κ3) is 6.56. The number of carbonyl (C=O) groups is 2. The molecule has 0 radical (unpaired) electrons. The second-order valence-electron chi connectivity index (χ2n) is 7.57. The van der Waals surface area contributed by atoms with Gasteiger partial charge in [-0.3, -0.25) is 4.79 Å². The van der Waals surface area contributed by atoms with Crippen LogP contribution in [0.5, 0.6) is 5.75 Å². The summed E-state index contributed by atoms with van der Waals surface area (Å²) in [6.45, 7) is 2.80. The Morgan fingerprint density at radius 2 is 1.86 bits per heavy atom. The Hall–Kier alpha value is -3.22. The van der Waals surface area contributed by atoms with Crippen molar-refractivity contribution in [2.24, 2.45) is 0 Å². The van der Waals surface area contributed by atoms with Gasteiger partial charge < -0.3 is 19.4 Å². The molecule has 8 nitrogen and oxygen atoms in total. The topological polar surface area (TPSA) is 95.3 Å². The van der Waals surface area contributed by atoms with Crippen molar-refractivity contribution in [1.82, 2.24) is 14.8 Å². The molecule has 2 aromatic carbocycles. The molecule has 2 aromatic heterocycles. The number of amides is 1. The number of ether oxygens (including phenoxy) is 2. The lowest BCUT2D eigenvalue weighted by atomic mass is 10.0. The van der Waals surface area contributed by atoms with Gasteiger partial charge in [-0.1, -0.05) is 39.8 Å². The van der Waals surface area contributed by atoms with E-state index in [4.69, 9.17) is 9.47 Å². The highest BCUT2D eigenvalue weighted by Crippen LogP contribution is 2.36. The lowest BCUT2D eigenvalue weighted by Crippen LogP contribution is -2.16. The Morgan fingerprint density at radius 3 is 2.54 bits per heavy atom. The largest absolute Gasteiger partial charge is 0.486 e. The third-order valence-electron chi connectivity index (χ3n) is 5.21. The fourth-order valence-corrected chi connectivity index (χ4v) is 5.48. The predicted octanol–water partition coefficient (Wildman–Crippen LogP) is 6.02. The summed E-state index contributed by atoms with van der Waals surface area (Å²) in [6, 6.07) is 13.2. The van der Waals surface area contributed by atoms with E-state index in [9.17, 15) is 14.0 Å². The van der Waals surface area contributed by atoms with Crippen LogP contribution in [0.1, 0.15) is 23.1 Å². The van der Waals surface area contributed by atoms with Gasteiger partial charge in [-0.25, -0.2) is 9.18 Å². The van der Waals surface area contributed by atoms with E-state index in [-0.39, 0.29) is 29.6 Å². The number of anilines is 1. The molecular formula is C25H22BrFN4O4S2. The second-order valence-corrected chi connectivity index (χ2v) is 10.3. The number of nitrogens with zero attached hydrogens (tertiary/aromatic N) is 3. The minimum Gasteiger partial charge on any atom is -0.486 e. The molecule has 0 bridgehead atoms. The van der Waals surface area contributed by atoms with Gasteiger partial charge in [0.05, 0.1) is 12.9 Å². The van der Waals surface area contributed by atoms with Crippen LogP contribution in [-0.4, -0.2) is 39.5 Å². The number of aromatic nitrogens is 3. The number of hydrogen-bond donors (Lipinski definition) is 1. The van der Waals surface area contributed by atoms with Gasteiger partial charge >= 0.3 is 5.97 Å². The van der Waals surface area contributed by atoms with Gasteiger partial charge in [0.1, 0.15) is 28.7 Å². The van der Waals surface area contributed by atoms with Gasteiger partial charge in [0, 0.05) is 22.0 Å². The van der Waals surface area contributed by atoms with E-state index in [0.717, 1.165) is 4.47 Å². The van der Waals surface area contributed by atoms with E-state index in [2.05, 4.69) is 31.4 Å². The zero-order valence-electron chi connectivity index (χ0n) is 19.9. The quantitative estimate of drug-likeness (QED) is 0.174. The van der Waals surface area contributed by atoms with Crippen molar-refractivity contribution in [3.63, 3.8) is 0 Å². The van der Waals surface area contributed by atoms with Crippen LogP contribution >= 0.6 is 39.0 Å². The highest BCUT2D eigenvalue weighted by Gasteiger charge is 2.23. The Labute approximate surface area is 229 Å². The number of methoxy groups -OCH3 is 1. The number of rotatable bonds is 10. The summed E-state index contributed by atoms with van der Waals surface area (Å²) in [4.78, 5) is 25.3. The van der Waals surface area contributed by atoms with Crippen LogP contribution in [0, 0.1) is 5.82 Å². The van der Waals surface area contributed by atoms with Crippen LogP contribution in [-0.2, 0) is 22.7 Å². The second kappa shape index (κ2) is 12.3. The van der Waals surface area contributed by atoms with Crippen molar-refractivity contribution in [2.75, 3.05) is 18.2 Å². The molecule has 0 atom stereocenters. The summed E-state index contributed by atoms with van der Waals surface area (Å²) in [6.07, 6.45) is 0. The molecule has 4 rings (SSSR count). The SMILES string of the molecule is CCn1c(COc2ccc(Br)cc2)nnc1SCC(=O)Nc1scc(-c2ccc(F)cc2)c1C(=O)OC. The lowest BCUT2D eigenvalue weighted by molar-refractivity contribution is -0.113. The monoisotopic (exact) mass is 604 g/mol. The van der Waals surface area contributed by atoms with Crippen molar-refractivity contribution in [1.29, 1.82) is 0 Å². The number of esters is 1. The summed E-state index contributed by atoms with van der Waals surface area (Å²) in [5.74, 6) is 0.108. The molecule has 192 valence electrons. The molecule has 1 N–H and O–H groups in total. The molecule has 1 amide bonds. The van der Waals surface area contributed by atoms with Gasteiger partial charge in [0.25, 0.3) is 0 Å². The minimum atomic E-state index is -0.593. The number of carbonyl (C=O) groups excluding carboxylic acids is 2. The van der Waals surface area contributed by atoms with Gasteiger partial charge in [-0.05, 0) is 48.9 Å². The lowest BCUT2D eigenvalue weighted by Gasteiger charge is -2.09.